The molecule has 0 bridgehead atoms. The van der Waals surface area contributed by atoms with Crippen molar-refractivity contribution in [3.05, 3.63) is 33.9 Å². The number of carbonyl (C=O) groups excluding carboxylic acids is 1. The Morgan fingerprint density at radius 1 is 1.58 bits per heavy atom. The van der Waals surface area contributed by atoms with E-state index in [0.29, 0.717) is 26.4 Å². The molecule has 19 heavy (non-hydrogen) atoms. The first-order valence-electron chi connectivity index (χ1n) is 5.86. The van der Waals surface area contributed by atoms with Crippen LogP contribution in [0.2, 0.25) is 5.02 Å². The van der Waals surface area contributed by atoms with Gasteiger partial charge in [-0.3, -0.25) is 4.79 Å². The van der Waals surface area contributed by atoms with Crippen molar-refractivity contribution in [1.82, 2.24) is 5.32 Å². The molecule has 102 valence electrons. The summed E-state index contributed by atoms with van der Waals surface area (Å²) in [6.45, 7) is 1.74. The normalized spacial score (nSPS) is 12.6. The molecule has 1 atom stereocenters. The number of benzene rings is 1. The fourth-order valence-corrected chi connectivity index (χ4v) is 3.16. The zero-order valence-corrected chi connectivity index (χ0v) is 11.8. The highest BCUT2D eigenvalue weighted by Crippen LogP contribution is 2.35. The Hall–Kier alpha value is -1.17. The van der Waals surface area contributed by atoms with Crippen LogP contribution in [0.5, 0.6) is 0 Å². The second-order valence-corrected chi connectivity index (χ2v) is 5.58. The lowest BCUT2D eigenvalue weighted by molar-refractivity contribution is 0.0919. The number of thiophene rings is 1. The number of fused-ring (bicyclic) bond motifs is 1. The van der Waals surface area contributed by atoms with E-state index in [1.807, 2.05) is 6.92 Å². The second-order valence-electron chi connectivity index (χ2n) is 4.15. The van der Waals surface area contributed by atoms with Crippen LogP contribution in [-0.2, 0) is 0 Å². The Kier molecular flexibility index (Phi) is 4.39. The van der Waals surface area contributed by atoms with E-state index in [2.05, 4.69) is 5.32 Å². The minimum absolute atomic E-state index is 0.126. The lowest BCUT2D eigenvalue weighted by Gasteiger charge is -2.13. The molecule has 0 unspecified atom stereocenters. The average molecular weight is 302 g/mol. The summed E-state index contributed by atoms with van der Waals surface area (Å²) in [5.74, 6) is -0.702. The molecule has 0 aliphatic rings. The van der Waals surface area contributed by atoms with Crippen molar-refractivity contribution in [2.45, 2.75) is 19.4 Å². The van der Waals surface area contributed by atoms with Gasteiger partial charge in [-0.25, -0.2) is 4.39 Å². The molecular formula is C13H13ClFNO2S. The Bertz CT molecular complexity index is 610. The van der Waals surface area contributed by atoms with Crippen molar-refractivity contribution in [2.24, 2.45) is 0 Å². The predicted octanol–water partition coefficient (Wildman–Crippen LogP) is 3.19. The van der Waals surface area contributed by atoms with Crippen LogP contribution in [0.15, 0.2) is 18.2 Å². The smallest absolute Gasteiger partial charge is 0.263 e. The first-order valence-corrected chi connectivity index (χ1v) is 7.05. The Morgan fingerprint density at radius 2 is 2.32 bits per heavy atom. The van der Waals surface area contributed by atoms with Crippen molar-refractivity contribution in [2.75, 3.05) is 6.61 Å². The maximum Gasteiger partial charge on any atom is 0.263 e. The van der Waals surface area contributed by atoms with Crippen LogP contribution in [0.1, 0.15) is 23.0 Å². The molecule has 2 aromatic rings. The third-order valence-electron chi connectivity index (χ3n) is 2.85. The molecule has 1 aromatic carbocycles. The van der Waals surface area contributed by atoms with Crippen molar-refractivity contribution < 1.29 is 14.3 Å². The van der Waals surface area contributed by atoms with E-state index in [4.69, 9.17) is 16.7 Å². The van der Waals surface area contributed by atoms with Gasteiger partial charge in [0.15, 0.2) is 0 Å². The summed E-state index contributed by atoms with van der Waals surface area (Å²) in [5.41, 5.74) is 0. The van der Waals surface area contributed by atoms with Crippen molar-refractivity contribution in [1.29, 1.82) is 0 Å². The molecule has 0 radical (unpaired) electrons. The molecule has 1 amide bonds. The zero-order chi connectivity index (χ0) is 14.0. The molecule has 2 rings (SSSR count). The van der Waals surface area contributed by atoms with E-state index in [-0.39, 0.29) is 24.4 Å². The highest BCUT2D eigenvalue weighted by molar-refractivity contribution is 7.21. The number of nitrogens with one attached hydrogen (secondary N) is 1. The van der Waals surface area contributed by atoms with E-state index in [0.717, 1.165) is 11.3 Å². The van der Waals surface area contributed by atoms with E-state index < -0.39 is 0 Å². The molecule has 0 saturated carbocycles. The molecule has 0 spiro atoms. The molecule has 1 heterocycles. The van der Waals surface area contributed by atoms with E-state index in [1.54, 1.807) is 6.07 Å². The number of rotatable bonds is 4. The maximum atomic E-state index is 13.1. The van der Waals surface area contributed by atoms with Gasteiger partial charge in [-0.1, -0.05) is 18.5 Å². The molecule has 2 N–H and O–H groups in total. The van der Waals surface area contributed by atoms with Crippen LogP contribution in [0.4, 0.5) is 4.39 Å². The molecule has 0 aliphatic heterocycles. The molecule has 6 heteroatoms. The van der Waals surface area contributed by atoms with Gasteiger partial charge in [0.1, 0.15) is 10.7 Å². The summed E-state index contributed by atoms with van der Waals surface area (Å²) >= 11 is 7.28. The first-order chi connectivity index (χ1) is 9.06. The number of amides is 1. The van der Waals surface area contributed by atoms with Crippen molar-refractivity contribution in [3.63, 3.8) is 0 Å². The number of hydrogen-bond acceptors (Lipinski definition) is 3. The average Bonchev–Trinajstić information content (AvgIpc) is 2.72. The second kappa shape index (κ2) is 5.86. The molecule has 0 fully saturated rings. The maximum absolute atomic E-state index is 13.1. The summed E-state index contributed by atoms with van der Waals surface area (Å²) in [4.78, 5) is 12.4. The monoisotopic (exact) mass is 301 g/mol. The van der Waals surface area contributed by atoms with Gasteiger partial charge in [-0.15, -0.1) is 11.3 Å². The SMILES string of the molecule is CC[C@@H](CO)NC(=O)c1sc2cc(F)ccc2c1Cl. The standard InChI is InChI=1S/C13H13ClFNO2S/c1-2-8(6-17)16-13(18)12-11(14)9-4-3-7(15)5-10(9)19-12/h3-5,8,17H,2,6H2,1H3,(H,16,18)/t8-/m0/s1. The van der Waals surface area contributed by atoms with Crippen molar-refractivity contribution >= 4 is 38.9 Å². The summed E-state index contributed by atoms with van der Waals surface area (Å²) < 4.78 is 13.8. The fraction of sp³-hybridized carbons (Fsp3) is 0.308. The van der Waals surface area contributed by atoms with E-state index >= 15 is 0 Å². The number of hydrogen-bond donors (Lipinski definition) is 2. The molecular weight excluding hydrogens is 289 g/mol. The number of carbonyl (C=O) groups is 1. The van der Waals surface area contributed by atoms with E-state index in [9.17, 15) is 9.18 Å². The number of halogens is 2. The third kappa shape index (κ3) is 2.88. The molecule has 3 nitrogen and oxygen atoms in total. The molecule has 0 aliphatic carbocycles. The van der Waals surface area contributed by atoms with Crippen LogP contribution in [0.3, 0.4) is 0 Å². The summed E-state index contributed by atoms with van der Waals surface area (Å²) in [5, 5.41) is 12.8. The van der Waals surface area contributed by atoms with Crippen LogP contribution >= 0.6 is 22.9 Å². The molecule has 0 saturated heterocycles. The van der Waals surface area contributed by atoms with Gasteiger partial charge in [0.25, 0.3) is 5.91 Å². The highest BCUT2D eigenvalue weighted by atomic mass is 35.5. The zero-order valence-electron chi connectivity index (χ0n) is 10.2. The minimum Gasteiger partial charge on any atom is -0.394 e. The largest absolute Gasteiger partial charge is 0.394 e. The lowest BCUT2D eigenvalue weighted by Crippen LogP contribution is -2.36. The predicted molar refractivity (Wildman–Crippen MR) is 75.4 cm³/mol. The van der Waals surface area contributed by atoms with Gasteiger partial charge < -0.3 is 10.4 Å². The number of aliphatic hydroxyl groups excluding tert-OH is 1. The Morgan fingerprint density at radius 3 is 2.95 bits per heavy atom. The van der Waals surface area contributed by atoms with Gasteiger partial charge in [0, 0.05) is 10.1 Å². The Labute approximate surface area is 119 Å². The fourth-order valence-electron chi connectivity index (χ4n) is 1.71. The highest BCUT2D eigenvalue weighted by Gasteiger charge is 2.19. The van der Waals surface area contributed by atoms with Crippen LogP contribution in [0.25, 0.3) is 10.1 Å². The third-order valence-corrected chi connectivity index (χ3v) is 4.50. The van der Waals surface area contributed by atoms with Gasteiger partial charge in [-0.2, -0.15) is 0 Å². The Balaban J connectivity index is 2.34. The number of aliphatic hydroxyl groups is 1. The summed E-state index contributed by atoms with van der Waals surface area (Å²) in [6, 6.07) is 3.92. The first kappa shape index (κ1) is 14.2. The van der Waals surface area contributed by atoms with Gasteiger partial charge in [0.05, 0.1) is 17.7 Å². The molecule has 1 aromatic heterocycles. The topological polar surface area (TPSA) is 49.3 Å². The van der Waals surface area contributed by atoms with Crippen LogP contribution in [-0.4, -0.2) is 23.7 Å². The van der Waals surface area contributed by atoms with Gasteiger partial charge in [-0.05, 0) is 24.6 Å². The summed E-state index contributed by atoms with van der Waals surface area (Å²) in [6.07, 6.45) is 0.624. The van der Waals surface area contributed by atoms with Crippen LogP contribution in [0, 0.1) is 5.82 Å². The van der Waals surface area contributed by atoms with Gasteiger partial charge >= 0.3 is 0 Å². The van der Waals surface area contributed by atoms with E-state index in [1.165, 1.54) is 12.1 Å². The lowest BCUT2D eigenvalue weighted by atomic mass is 10.2. The van der Waals surface area contributed by atoms with Gasteiger partial charge in [0.2, 0.25) is 0 Å². The minimum atomic E-state index is -0.362. The quantitative estimate of drug-likeness (QED) is 0.911. The summed E-state index contributed by atoms with van der Waals surface area (Å²) in [7, 11) is 0. The van der Waals surface area contributed by atoms with Crippen LogP contribution < -0.4 is 5.32 Å². The van der Waals surface area contributed by atoms with Crippen molar-refractivity contribution in [3.8, 4) is 0 Å².